The molecule has 2 aromatic rings. The molecule has 6 nitrogen and oxygen atoms in total. The molecule has 34 heavy (non-hydrogen) atoms. The number of alkyl halides is 3. The van der Waals surface area contributed by atoms with E-state index in [4.69, 9.17) is 16.7 Å². The highest BCUT2D eigenvalue weighted by Crippen LogP contribution is 2.37. The van der Waals surface area contributed by atoms with Crippen molar-refractivity contribution >= 4 is 34.4 Å². The molecule has 0 radical (unpaired) electrons. The molecule has 0 spiro atoms. The van der Waals surface area contributed by atoms with E-state index in [0.717, 1.165) is 30.5 Å². The van der Waals surface area contributed by atoms with E-state index in [1.54, 1.807) is 13.1 Å². The summed E-state index contributed by atoms with van der Waals surface area (Å²) < 4.78 is 41.6. The van der Waals surface area contributed by atoms with E-state index in [9.17, 15) is 22.8 Å². The number of carboxylic acid groups (broad SMARTS) is 1. The van der Waals surface area contributed by atoms with Crippen LogP contribution in [0.3, 0.4) is 0 Å². The fraction of sp³-hybridized carbons (Fsp3) is 0.458. The third-order valence-corrected chi connectivity index (χ3v) is 6.24. The SMILES string of the molecule is CCCC(Cc1nn(C)c2c(Cl)cc(C(F)(F)F)cc12)C1=CCC(C(=O)NCCC(=O)O)C=C1. The largest absolute Gasteiger partial charge is 0.481 e. The highest BCUT2D eigenvalue weighted by molar-refractivity contribution is 6.35. The van der Waals surface area contributed by atoms with Crippen LogP contribution in [0.25, 0.3) is 10.9 Å². The molecule has 1 aromatic carbocycles. The number of hydrogen-bond acceptors (Lipinski definition) is 3. The monoisotopic (exact) mass is 497 g/mol. The predicted molar refractivity (Wildman–Crippen MR) is 123 cm³/mol. The van der Waals surface area contributed by atoms with Crippen LogP contribution in [0.2, 0.25) is 5.02 Å². The maximum absolute atomic E-state index is 13.4. The Hall–Kier alpha value is -2.81. The fourth-order valence-corrected chi connectivity index (χ4v) is 4.62. The Labute approximate surface area is 200 Å². The number of hydrogen-bond donors (Lipinski definition) is 2. The minimum absolute atomic E-state index is 0.00615. The number of aliphatic carboxylic acids is 1. The number of benzene rings is 1. The zero-order valence-electron chi connectivity index (χ0n) is 19.0. The number of aromatic nitrogens is 2. The van der Waals surface area contributed by atoms with Crippen molar-refractivity contribution < 1.29 is 27.9 Å². The minimum atomic E-state index is -4.51. The number of carbonyl (C=O) groups excluding carboxylic acids is 1. The van der Waals surface area contributed by atoms with Gasteiger partial charge in [-0.15, -0.1) is 0 Å². The standard InChI is InChI=1S/C24H27ClF3N3O3/c1-3-4-16(14-5-7-15(8-6-14)23(34)29-10-9-21(32)33)11-20-18-12-17(24(26,27)28)13-19(25)22(18)31(2)30-20/h5-7,12-13,15-16H,3-4,8-11H2,1-2H3,(H,29,34)(H,32,33). The summed E-state index contributed by atoms with van der Waals surface area (Å²) in [5.74, 6) is -1.58. The van der Waals surface area contributed by atoms with E-state index in [0.29, 0.717) is 29.4 Å². The molecule has 0 aliphatic heterocycles. The molecule has 2 unspecified atom stereocenters. The lowest BCUT2D eigenvalue weighted by Crippen LogP contribution is -2.32. The average Bonchev–Trinajstić information content (AvgIpc) is 3.08. The molecule has 0 saturated carbocycles. The Morgan fingerprint density at radius 1 is 1.35 bits per heavy atom. The Morgan fingerprint density at radius 3 is 2.68 bits per heavy atom. The number of nitrogens with zero attached hydrogens (tertiary/aromatic N) is 2. The summed E-state index contributed by atoms with van der Waals surface area (Å²) in [5, 5.41) is 16.2. The molecule has 10 heteroatoms. The predicted octanol–water partition coefficient (Wildman–Crippen LogP) is 5.30. The quantitative estimate of drug-likeness (QED) is 0.492. The van der Waals surface area contributed by atoms with Gasteiger partial charge in [0.2, 0.25) is 5.91 Å². The maximum atomic E-state index is 13.4. The molecule has 1 aliphatic carbocycles. The topological polar surface area (TPSA) is 84.2 Å². The van der Waals surface area contributed by atoms with E-state index < -0.39 is 17.7 Å². The second-order valence-electron chi connectivity index (χ2n) is 8.45. The Morgan fingerprint density at radius 2 is 2.09 bits per heavy atom. The fourth-order valence-electron chi connectivity index (χ4n) is 4.27. The van der Waals surface area contributed by atoms with Crippen LogP contribution < -0.4 is 5.32 Å². The minimum Gasteiger partial charge on any atom is -0.481 e. The van der Waals surface area contributed by atoms with Crippen molar-refractivity contribution in [2.75, 3.05) is 6.54 Å². The first-order valence-electron chi connectivity index (χ1n) is 11.1. The van der Waals surface area contributed by atoms with Gasteiger partial charge in [-0.3, -0.25) is 14.3 Å². The van der Waals surface area contributed by atoms with Crippen LogP contribution in [-0.4, -0.2) is 33.3 Å². The highest BCUT2D eigenvalue weighted by Gasteiger charge is 2.32. The molecule has 2 atom stereocenters. The van der Waals surface area contributed by atoms with Gasteiger partial charge < -0.3 is 10.4 Å². The van der Waals surface area contributed by atoms with E-state index in [1.165, 1.54) is 4.68 Å². The first-order valence-corrected chi connectivity index (χ1v) is 11.5. The summed E-state index contributed by atoms with van der Waals surface area (Å²) >= 11 is 6.18. The number of amides is 1. The van der Waals surface area contributed by atoms with Gasteiger partial charge in [0.25, 0.3) is 0 Å². The third kappa shape index (κ3) is 6.00. The van der Waals surface area contributed by atoms with Crippen LogP contribution in [0.4, 0.5) is 13.2 Å². The third-order valence-electron chi connectivity index (χ3n) is 5.95. The van der Waals surface area contributed by atoms with E-state index in [1.807, 2.05) is 19.1 Å². The van der Waals surface area contributed by atoms with Crippen molar-refractivity contribution in [1.82, 2.24) is 15.1 Å². The molecular weight excluding hydrogens is 471 g/mol. The summed E-state index contributed by atoms with van der Waals surface area (Å²) in [4.78, 5) is 22.9. The molecule has 3 rings (SSSR count). The van der Waals surface area contributed by atoms with Crippen molar-refractivity contribution in [2.45, 2.75) is 45.2 Å². The highest BCUT2D eigenvalue weighted by atomic mass is 35.5. The van der Waals surface area contributed by atoms with E-state index >= 15 is 0 Å². The zero-order valence-corrected chi connectivity index (χ0v) is 19.7. The molecule has 1 heterocycles. The van der Waals surface area contributed by atoms with Gasteiger partial charge in [-0.2, -0.15) is 18.3 Å². The number of carbonyl (C=O) groups is 2. The maximum Gasteiger partial charge on any atom is 0.416 e. The number of rotatable bonds is 9. The molecule has 1 amide bonds. The average molecular weight is 498 g/mol. The van der Waals surface area contributed by atoms with Gasteiger partial charge in [0.15, 0.2) is 0 Å². The number of nitrogens with one attached hydrogen (secondary N) is 1. The summed E-state index contributed by atoms with van der Waals surface area (Å²) in [5.41, 5.74) is 1.21. The lowest BCUT2D eigenvalue weighted by Gasteiger charge is -2.22. The summed E-state index contributed by atoms with van der Waals surface area (Å²) in [6.07, 6.45) is 3.58. The lowest BCUT2D eigenvalue weighted by molar-refractivity contribution is -0.138. The van der Waals surface area contributed by atoms with Crippen LogP contribution in [0.1, 0.15) is 43.9 Å². The second kappa shape index (κ2) is 10.6. The van der Waals surface area contributed by atoms with Crippen LogP contribution >= 0.6 is 11.6 Å². The van der Waals surface area contributed by atoms with Crippen molar-refractivity contribution in [1.29, 1.82) is 0 Å². The van der Waals surface area contributed by atoms with Gasteiger partial charge in [-0.05, 0) is 42.9 Å². The van der Waals surface area contributed by atoms with Gasteiger partial charge in [0.05, 0.1) is 34.1 Å². The molecule has 0 saturated heterocycles. The van der Waals surface area contributed by atoms with Gasteiger partial charge in [0, 0.05) is 19.0 Å². The van der Waals surface area contributed by atoms with Crippen molar-refractivity contribution in [3.05, 3.63) is 52.2 Å². The van der Waals surface area contributed by atoms with Gasteiger partial charge in [-0.25, -0.2) is 0 Å². The number of fused-ring (bicyclic) bond motifs is 1. The van der Waals surface area contributed by atoms with Crippen LogP contribution in [-0.2, 0) is 29.2 Å². The molecular formula is C24H27ClF3N3O3. The first-order chi connectivity index (χ1) is 16.0. The molecule has 1 aliphatic rings. The second-order valence-corrected chi connectivity index (χ2v) is 8.86. The van der Waals surface area contributed by atoms with Crippen LogP contribution in [0.5, 0.6) is 0 Å². The molecule has 0 bridgehead atoms. The molecule has 1 aromatic heterocycles. The summed E-state index contributed by atoms with van der Waals surface area (Å²) in [6.45, 7) is 2.11. The normalized spacial score (nSPS) is 17.0. The lowest BCUT2D eigenvalue weighted by atomic mass is 9.84. The molecule has 2 N–H and O–H groups in total. The number of allylic oxidation sites excluding steroid dienone is 3. The Balaban J connectivity index is 1.80. The van der Waals surface area contributed by atoms with Crippen molar-refractivity contribution in [3.63, 3.8) is 0 Å². The van der Waals surface area contributed by atoms with Crippen LogP contribution in [0.15, 0.2) is 35.9 Å². The smallest absolute Gasteiger partial charge is 0.416 e. The number of aryl methyl sites for hydroxylation is 1. The molecule has 184 valence electrons. The van der Waals surface area contributed by atoms with Gasteiger partial charge >= 0.3 is 12.1 Å². The van der Waals surface area contributed by atoms with Crippen LogP contribution in [0, 0.1) is 11.8 Å². The van der Waals surface area contributed by atoms with Gasteiger partial charge in [0.1, 0.15) is 0 Å². The summed E-state index contributed by atoms with van der Waals surface area (Å²) in [6, 6.07) is 2.03. The first kappa shape index (κ1) is 25.8. The summed E-state index contributed by atoms with van der Waals surface area (Å²) in [7, 11) is 1.66. The van der Waals surface area contributed by atoms with Crippen molar-refractivity contribution in [2.24, 2.45) is 18.9 Å². The Kier molecular flexibility index (Phi) is 8.07. The van der Waals surface area contributed by atoms with Gasteiger partial charge in [-0.1, -0.05) is 43.2 Å². The number of halogens is 4. The number of carboxylic acids is 1. The van der Waals surface area contributed by atoms with Crippen molar-refractivity contribution in [3.8, 4) is 0 Å². The Bertz CT molecular complexity index is 1140. The molecule has 0 fully saturated rings. The van der Waals surface area contributed by atoms with E-state index in [-0.39, 0.29) is 35.7 Å². The van der Waals surface area contributed by atoms with E-state index in [2.05, 4.69) is 10.4 Å². The zero-order chi connectivity index (χ0) is 25.0.